The van der Waals surface area contributed by atoms with Gasteiger partial charge in [-0.2, -0.15) is 43.9 Å². The summed E-state index contributed by atoms with van der Waals surface area (Å²) in [6.07, 6.45) is -12.6. The molecule has 0 aliphatic rings. The summed E-state index contributed by atoms with van der Waals surface area (Å²) in [6, 6.07) is -0.233. The van der Waals surface area contributed by atoms with E-state index in [4.69, 9.17) is 0 Å². The van der Waals surface area contributed by atoms with Crippen LogP contribution in [0, 0.1) is 0 Å². The van der Waals surface area contributed by atoms with Crippen LogP contribution in [0.25, 0.3) is 0 Å². The largest absolute Gasteiger partial charge is 0.458 e. The Labute approximate surface area is 109 Å². The van der Waals surface area contributed by atoms with Gasteiger partial charge in [0.25, 0.3) is 0 Å². The Balaban J connectivity index is 3.56. The maximum atomic E-state index is 12.9. The highest BCUT2D eigenvalue weighted by atomic mass is 19.4. The zero-order valence-corrected chi connectivity index (χ0v) is 9.42. The first-order chi connectivity index (χ1) is 9.14. The van der Waals surface area contributed by atoms with Gasteiger partial charge in [-0.15, -0.1) is 0 Å². The van der Waals surface area contributed by atoms with Crippen LogP contribution in [0.5, 0.6) is 5.75 Å². The van der Waals surface area contributed by atoms with Gasteiger partial charge in [0.2, 0.25) is 0 Å². The van der Waals surface area contributed by atoms with Crippen LogP contribution in [0.2, 0.25) is 0 Å². The highest BCUT2D eigenvalue weighted by Gasteiger charge is 2.64. The van der Waals surface area contributed by atoms with Crippen LogP contribution >= 0.6 is 0 Å². The SMILES string of the molecule is [O]c1c(C(F)(F)C(F)(F)F)cccc1C(F)(F)C(F)(F)F. The van der Waals surface area contributed by atoms with E-state index in [1.54, 1.807) is 0 Å². The van der Waals surface area contributed by atoms with Gasteiger partial charge in [-0.1, -0.05) is 6.07 Å². The monoisotopic (exact) mass is 329 g/mol. The van der Waals surface area contributed by atoms with E-state index in [0.717, 1.165) is 0 Å². The summed E-state index contributed by atoms with van der Waals surface area (Å²) in [7, 11) is 0. The first-order valence-electron chi connectivity index (χ1n) is 4.84. The van der Waals surface area contributed by atoms with Gasteiger partial charge in [0, 0.05) is 0 Å². The summed E-state index contributed by atoms with van der Waals surface area (Å²) < 4.78 is 124. The quantitative estimate of drug-likeness (QED) is 0.670. The van der Waals surface area contributed by atoms with E-state index < -0.39 is 41.1 Å². The number of alkyl halides is 10. The topological polar surface area (TPSA) is 19.9 Å². The summed E-state index contributed by atoms with van der Waals surface area (Å²) in [5.41, 5.74) is -5.01. The summed E-state index contributed by atoms with van der Waals surface area (Å²) >= 11 is 0. The molecule has 0 N–H and O–H groups in total. The van der Waals surface area contributed by atoms with Gasteiger partial charge >= 0.3 is 24.2 Å². The maximum Gasteiger partial charge on any atom is 0.458 e. The van der Waals surface area contributed by atoms with E-state index >= 15 is 0 Å². The van der Waals surface area contributed by atoms with E-state index in [9.17, 15) is 49.0 Å². The van der Waals surface area contributed by atoms with Crippen molar-refractivity contribution < 1.29 is 49.0 Å². The molecule has 1 aromatic carbocycles. The number of para-hydroxylation sites is 1. The molecule has 119 valence electrons. The van der Waals surface area contributed by atoms with Crippen LogP contribution in [-0.2, 0) is 17.0 Å². The van der Waals surface area contributed by atoms with E-state index in [1.165, 1.54) is 0 Å². The van der Waals surface area contributed by atoms with Gasteiger partial charge in [0.1, 0.15) is 0 Å². The van der Waals surface area contributed by atoms with Crippen molar-refractivity contribution in [1.82, 2.24) is 0 Å². The molecule has 1 aromatic rings. The normalized spacial score (nSPS) is 14.4. The molecule has 0 atom stereocenters. The molecule has 0 saturated carbocycles. The van der Waals surface area contributed by atoms with Crippen molar-refractivity contribution in [2.45, 2.75) is 24.2 Å². The van der Waals surface area contributed by atoms with Gasteiger partial charge < -0.3 is 0 Å². The Morgan fingerprint density at radius 2 is 0.905 bits per heavy atom. The van der Waals surface area contributed by atoms with Gasteiger partial charge in [-0.25, -0.2) is 0 Å². The summed E-state index contributed by atoms with van der Waals surface area (Å²) in [5, 5.41) is 11.2. The Morgan fingerprint density at radius 1 is 0.619 bits per heavy atom. The van der Waals surface area contributed by atoms with E-state index in [0.29, 0.717) is 0 Å². The van der Waals surface area contributed by atoms with Gasteiger partial charge in [0.05, 0.1) is 11.1 Å². The third-order valence-electron chi connectivity index (χ3n) is 2.40. The highest BCUT2D eigenvalue weighted by Crippen LogP contribution is 2.52. The molecular weight excluding hydrogens is 326 g/mol. The van der Waals surface area contributed by atoms with Gasteiger partial charge in [-0.3, -0.25) is 5.11 Å². The second kappa shape index (κ2) is 4.67. The number of halogens is 10. The van der Waals surface area contributed by atoms with Crippen molar-refractivity contribution in [1.29, 1.82) is 0 Å². The Morgan fingerprint density at radius 3 is 1.14 bits per heavy atom. The van der Waals surface area contributed by atoms with Gasteiger partial charge in [0.15, 0.2) is 5.75 Å². The Bertz CT molecular complexity index is 483. The maximum absolute atomic E-state index is 12.9. The standard InChI is InChI=1S/C10H3F10O/c11-7(12,9(15,16)17)4-2-1-3-5(6(4)21)8(13,14)10(18,19)20/h1-3H. The van der Waals surface area contributed by atoms with Crippen LogP contribution in [0.3, 0.4) is 0 Å². The molecule has 0 saturated heterocycles. The molecule has 0 bridgehead atoms. The lowest BCUT2D eigenvalue weighted by atomic mass is 9.99. The molecule has 0 aliphatic heterocycles. The fraction of sp³-hybridized carbons (Fsp3) is 0.400. The van der Waals surface area contributed by atoms with Gasteiger partial charge in [-0.05, 0) is 12.1 Å². The van der Waals surface area contributed by atoms with Crippen molar-refractivity contribution in [2.75, 3.05) is 0 Å². The molecular formula is C10H3F10O. The van der Waals surface area contributed by atoms with Crippen LogP contribution in [-0.4, -0.2) is 12.4 Å². The van der Waals surface area contributed by atoms with Crippen LogP contribution < -0.4 is 0 Å². The lowest BCUT2D eigenvalue weighted by Gasteiger charge is -2.24. The predicted molar refractivity (Wildman–Crippen MR) is 46.5 cm³/mol. The molecule has 0 heterocycles. The van der Waals surface area contributed by atoms with Crippen LogP contribution in [0.1, 0.15) is 11.1 Å². The number of rotatable bonds is 2. The molecule has 1 nitrogen and oxygen atoms in total. The fourth-order valence-electron chi connectivity index (χ4n) is 1.34. The molecule has 0 amide bonds. The van der Waals surface area contributed by atoms with Crippen molar-refractivity contribution in [3.63, 3.8) is 0 Å². The summed E-state index contributed by atoms with van der Waals surface area (Å²) in [4.78, 5) is 0. The van der Waals surface area contributed by atoms with Crippen LogP contribution in [0.15, 0.2) is 18.2 Å². The molecule has 11 heteroatoms. The minimum atomic E-state index is -6.32. The Hall–Kier alpha value is -1.68. The third kappa shape index (κ3) is 2.72. The molecule has 0 unspecified atom stereocenters. The second-order valence-corrected chi connectivity index (χ2v) is 3.83. The number of hydrogen-bond acceptors (Lipinski definition) is 0. The Kier molecular flexibility index (Phi) is 3.86. The second-order valence-electron chi connectivity index (χ2n) is 3.83. The molecule has 0 aliphatic carbocycles. The predicted octanol–water partition coefficient (Wildman–Crippen LogP) is 5.14. The van der Waals surface area contributed by atoms with E-state index in [2.05, 4.69) is 0 Å². The van der Waals surface area contributed by atoms with E-state index in [1.807, 2.05) is 0 Å². The first kappa shape index (κ1) is 17.4. The van der Waals surface area contributed by atoms with Crippen molar-refractivity contribution >= 4 is 0 Å². The highest BCUT2D eigenvalue weighted by molar-refractivity contribution is 5.46. The summed E-state index contributed by atoms with van der Waals surface area (Å²) in [6.45, 7) is 0. The van der Waals surface area contributed by atoms with E-state index in [-0.39, 0.29) is 18.2 Å². The smallest absolute Gasteiger partial charge is 0.289 e. The van der Waals surface area contributed by atoms with Crippen molar-refractivity contribution in [3.8, 4) is 5.75 Å². The third-order valence-corrected chi connectivity index (χ3v) is 2.40. The molecule has 21 heavy (non-hydrogen) atoms. The summed E-state index contributed by atoms with van der Waals surface area (Å²) in [5.74, 6) is -14.4. The molecule has 0 aromatic heterocycles. The van der Waals surface area contributed by atoms with Crippen molar-refractivity contribution in [3.05, 3.63) is 29.3 Å². The van der Waals surface area contributed by atoms with Crippen LogP contribution in [0.4, 0.5) is 43.9 Å². The minimum Gasteiger partial charge on any atom is -0.289 e. The average molecular weight is 329 g/mol. The molecule has 0 fully saturated rings. The number of hydrogen-bond donors (Lipinski definition) is 0. The molecule has 0 spiro atoms. The minimum absolute atomic E-state index is 0.0887. The zero-order valence-electron chi connectivity index (χ0n) is 9.42. The molecule has 1 radical (unpaired) electrons. The number of benzene rings is 1. The molecule has 1 rings (SSSR count). The zero-order chi connectivity index (χ0) is 16.9. The fourth-order valence-corrected chi connectivity index (χ4v) is 1.34. The average Bonchev–Trinajstić information content (AvgIpc) is 2.25. The first-order valence-corrected chi connectivity index (χ1v) is 4.84. The van der Waals surface area contributed by atoms with Crippen molar-refractivity contribution in [2.24, 2.45) is 0 Å². The lowest BCUT2D eigenvalue weighted by molar-refractivity contribution is -0.293. The lowest BCUT2D eigenvalue weighted by Crippen LogP contribution is -2.36.